The molecule has 0 aliphatic heterocycles. The molecule has 4 rings (SSSR count). The minimum Gasteiger partial charge on any atom is -0.495 e. The molecule has 1 atom stereocenters. The van der Waals surface area contributed by atoms with Gasteiger partial charge in [0.25, 0.3) is 10.0 Å². The number of anilines is 1. The summed E-state index contributed by atoms with van der Waals surface area (Å²) < 4.78 is 45.7. The van der Waals surface area contributed by atoms with Crippen LogP contribution in [0.3, 0.4) is 0 Å². The SMILES string of the molecule is COc1ccc(S(=O)(=O)N(CC(=O)N(Cc2ccccc2Cl)[C@@H](C)C(=O)NC2CCCC2)c2cc(Cl)ccc2OC)cc1OC. The van der Waals surface area contributed by atoms with E-state index in [1.54, 1.807) is 37.3 Å². The van der Waals surface area contributed by atoms with Crippen LogP contribution in [0.2, 0.25) is 10.0 Å². The number of benzene rings is 3. The van der Waals surface area contributed by atoms with Gasteiger partial charge in [0, 0.05) is 28.7 Å². The first-order valence-electron chi connectivity index (χ1n) is 14.4. The van der Waals surface area contributed by atoms with Crippen molar-refractivity contribution in [2.24, 2.45) is 0 Å². The highest BCUT2D eigenvalue weighted by Gasteiger charge is 2.35. The molecule has 45 heavy (non-hydrogen) atoms. The minimum atomic E-state index is -4.45. The Kier molecular flexibility index (Phi) is 11.5. The summed E-state index contributed by atoms with van der Waals surface area (Å²) >= 11 is 12.8. The Morgan fingerprint density at radius 3 is 2.20 bits per heavy atom. The van der Waals surface area contributed by atoms with Gasteiger partial charge in [0.2, 0.25) is 11.8 Å². The molecule has 2 amide bonds. The van der Waals surface area contributed by atoms with Crippen LogP contribution in [0.5, 0.6) is 17.2 Å². The summed E-state index contributed by atoms with van der Waals surface area (Å²) in [6.45, 7) is 0.903. The maximum Gasteiger partial charge on any atom is 0.265 e. The van der Waals surface area contributed by atoms with Gasteiger partial charge >= 0.3 is 0 Å². The fraction of sp³-hybridized carbons (Fsp3) is 0.375. The van der Waals surface area contributed by atoms with Crippen molar-refractivity contribution in [3.8, 4) is 17.2 Å². The Labute approximate surface area is 274 Å². The third kappa shape index (κ3) is 7.95. The van der Waals surface area contributed by atoms with Crippen LogP contribution < -0.4 is 23.8 Å². The number of hydrogen-bond donors (Lipinski definition) is 1. The van der Waals surface area contributed by atoms with Crippen LogP contribution in [0.15, 0.2) is 65.6 Å². The van der Waals surface area contributed by atoms with Crippen molar-refractivity contribution in [1.29, 1.82) is 0 Å². The van der Waals surface area contributed by atoms with Crippen molar-refractivity contribution in [1.82, 2.24) is 10.2 Å². The standard InChI is InChI=1S/C32H37Cl2N3O7S/c1-21(32(39)35-24-10-6-7-11-24)36(19-22-9-5-8-12-26(22)34)31(38)20-37(27-17-23(33)13-15-28(27)42-2)45(40,41)25-14-16-29(43-3)30(18-25)44-4/h5,8-9,12-18,21,24H,6-7,10-11,19-20H2,1-4H3,(H,35,39)/t21-/m0/s1. The zero-order valence-electron chi connectivity index (χ0n) is 25.6. The molecule has 13 heteroatoms. The molecule has 1 saturated carbocycles. The Hall–Kier alpha value is -3.67. The number of halogens is 2. The molecule has 0 bridgehead atoms. The smallest absolute Gasteiger partial charge is 0.265 e. The lowest BCUT2D eigenvalue weighted by atomic mass is 10.1. The summed E-state index contributed by atoms with van der Waals surface area (Å²) in [6, 6.07) is 14.6. The molecule has 0 spiro atoms. The van der Waals surface area contributed by atoms with E-state index < -0.39 is 28.5 Å². The van der Waals surface area contributed by atoms with Crippen molar-refractivity contribution in [3.63, 3.8) is 0 Å². The van der Waals surface area contributed by atoms with Gasteiger partial charge < -0.3 is 24.4 Å². The van der Waals surface area contributed by atoms with Gasteiger partial charge in [0.1, 0.15) is 18.3 Å². The number of methoxy groups -OCH3 is 3. The van der Waals surface area contributed by atoms with Crippen LogP contribution in [0.1, 0.15) is 38.2 Å². The van der Waals surface area contributed by atoms with E-state index in [0.29, 0.717) is 16.3 Å². The minimum absolute atomic E-state index is 0.0230. The summed E-state index contributed by atoms with van der Waals surface area (Å²) in [4.78, 5) is 28.9. The molecule has 0 saturated heterocycles. The largest absolute Gasteiger partial charge is 0.495 e. The molecule has 1 N–H and O–H groups in total. The van der Waals surface area contributed by atoms with Crippen LogP contribution >= 0.6 is 23.2 Å². The van der Waals surface area contributed by atoms with Gasteiger partial charge in [-0.05, 0) is 61.7 Å². The summed E-state index contributed by atoms with van der Waals surface area (Å²) in [5, 5.41) is 3.68. The maximum atomic E-state index is 14.3. The van der Waals surface area contributed by atoms with Crippen LogP contribution in [0.25, 0.3) is 0 Å². The van der Waals surface area contributed by atoms with Crippen LogP contribution in [0.4, 0.5) is 5.69 Å². The maximum absolute atomic E-state index is 14.3. The quantitative estimate of drug-likeness (QED) is 0.247. The van der Waals surface area contributed by atoms with Crippen molar-refractivity contribution in [3.05, 3.63) is 76.3 Å². The van der Waals surface area contributed by atoms with E-state index in [-0.39, 0.29) is 45.6 Å². The third-order valence-corrected chi connectivity index (χ3v) is 10.2. The summed E-state index contributed by atoms with van der Waals surface area (Å²) in [6.07, 6.45) is 3.77. The van der Waals surface area contributed by atoms with Crippen LogP contribution in [-0.2, 0) is 26.2 Å². The summed E-state index contributed by atoms with van der Waals surface area (Å²) in [5.41, 5.74) is 0.636. The molecule has 3 aromatic rings. The molecule has 3 aromatic carbocycles. The van der Waals surface area contributed by atoms with E-state index in [2.05, 4.69) is 5.32 Å². The number of rotatable bonds is 13. The zero-order valence-corrected chi connectivity index (χ0v) is 27.9. The van der Waals surface area contributed by atoms with Gasteiger partial charge in [-0.15, -0.1) is 0 Å². The molecular weight excluding hydrogens is 641 g/mol. The third-order valence-electron chi connectivity index (χ3n) is 7.80. The molecule has 10 nitrogen and oxygen atoms in total. The van der Waals surface area contributed by atoms with Gasteiger partial charge in [0.15, 0.2) is 11.5 Å². The van der Waals surface area contributed by atoms with Crippen LogP contribution in [-0.4, -0.2) is 65.1 Å². The van der Waals surface area contributed by atoms with Gasteiger partial charge in [-0.2, -0.15) is 0 Å². The Morgan fingerprint density at radius 2 is 1.56 bits per heavy atom. The first kappa shape index (κ1) is 34.2. The van der Waals surface area contributed by atoms with Gasteiger partial charge in [-0.25, -0.2) is 8.42 Å². The molecular formula is C32H37Cl2N3O7S. The topological polar surface area (TPSA) is 114 Å². The van der Waals surface area contributed by atoms with Crippen molar-refractivity contribution in [2.75, 3.05) is 32.2 Å². The Morgan fingerprint density at radius 1 is 0.911 bits per heavy atom. The van der Waals surface area contributed by atoms with E-state index in [4.69, 9.17) is 37.4 Å². The molecule has 1 aliphatic carbocycles. The number of carbonyl (C=O) groups excluding carboxylic acids is 2. The highest BCUT2D eigenvalue weighted by Crippen LogP contribution is 2.37. The van der Waals surface area contributed by atoms with E-state index >= 15 is 0 Å². The Bertz CT molecular complexity index is 1630. The second-order valence-corrected chi connectivity index (χ2v) is 13.3. The number of nitrogens with one attached hydrogen (secondary N) is 1. The molecule has 0 heterocycles. The number of sulfonamides is 1. The predicted octanol–water partition coefficient (Wildman–Crippen LogP) is 5.69. The Balaban J connectivity index is 1.78. The lowest BCUT2D eigenvalue weighted by Gasteiger charge is -2.33. The molecule has 242 valence electrons. The fourth-order valence-corrected chi connectivity index (χ4v) is 7.05. The fourth-order valence-electron chi connectivity index (χ4n) is 5.26. The lowest BCUT2D eigenvalue weighted by molar-refractivity contribution is -0.139. The molecule has 0 unspecified atom stereocenters. The average molecular weight is 679 g/mol. The molecule has 0 aromatic heterocycles. The average Bonchev–Trinajstić information content (AvgIpc) is 3.55. The number of hydrogen-bond acceptors (Lipinski definition) is 7. The number of amides is 2. The molecule has 1 aliphatic rings. The summed E-state index contributed by atoms with van der Waals surface area (Å²) in [5.74, 6) is -0.305. The first-order valence-corrected chi connectivity index (χ1v) is 16.6. The summed E-state index contributed by atoms with van der Waals surface area (Å²) in [7, 11) is -0.241. The highest BCUT2D eigenvalue weighted by molar-refractivity contribution is 7.92. The molecule has 0 radical (unpaired) electrons. The van der Waals surface area contributed by atoms with Crippen molar-refractivity contribution >= 4 is 50.7 Å². The van der Waals surface area contributed by atoms with E-state index in [1.165, 1.54) is 56.6 Å². The predicted molar refractivity (Wildman–Crippen MR) is 174 cm³/mol. The van der Waals surface area contributed by atoms with Crippen LogP contribution in [0, 0.1) is 0 Å². The van der Waals surface area contributed by atoms with E-state index in [9.17, 15) is 18.0 Å². The monoisotopic (exact) mass is 677 g/mol. The van der Waals surface area contributed by atoms with E-state index in [1.807, 2.05) is 0 Å². The number of ether oxygens (including phenoxy) is 3. The first-order chi connectivity index (χ1) is 21.5. The normalized spacial score (nSPS) is 14.0. The number of carbonyl (C=O) groups is 2. The van der Waals surface area contributed by atoms with Gasteiger partial charge in [0.05, 0.1) is 31.9 Å². The van der Waals surface area contributed by atoms with Gasteiger partial charge in [-0.3, -0.25) is 13.9 Å². The van der Waals surface area contributed by atoms with Crippen molar-refractivity contribution in [2.45, 2.75) is 56.1 Å². The van der Waals surface area contributed by atoms with Crippen molar-refractivity contribution < 1.29 is 32.2 Å². The van der Waals surface area contributed by atoms with E-state index in [0.717, 1.165) is 30.0 Å². The van der Waals surface area contributed by atoms with Gasteiger partial charge in [-0.1, -0.05) is 54.2 Å². The zero-order chi connectivity index (χ0) is 32.7. The lowest BCUT2D eigenvalue weighted by Crippen LogP contribution is -2.52. The second-order valence-electron chi connectivity index (χ2n) is 10.6. The number of nitrogens with zero attached hydrogens (tertiary/aromatic N) is 2. The molecule has 1 fully saturated rings. The second kappa shape index (κ2) is 15.1. The highest BCUT2D eigenvalue weighted by atomic mass is 35.5.